The molecule has 0 spiro atoms. The molecule has 2 fully saturated rings. The topological polar surface area (TPSA) is 163 Å². The molecule has 2 unspecified atom stereocenters. The molecule has 3 amide bonds. The van der Waals surface area contributed by atoms with Gasteiger partial charge in [-0.05, 0) is 118 Å². The lowest BCUT2D eigenvalue weighted by Crippen LogP contribution is -2.58. The fraction of sp³-hybridized carbons (Fsp3) is 0.481. The van der Waals surface area contributed by atoms with Gasteiger partial charge >= 0.3 is 6.18 Å². The highest BCUT2D eigenvalue weighted by molar-refractivity contribution is 7.80. The van der Waals surface area contributed by atoms with Crippen molar-refractivity contribution < 1.29 is 46.6 Å². The summed E-state index contributed by atoms with van der Waals surface area (Å²) in [6, 6.07) is 18.4. The lowest BCUT2D eigenvalue weighted by molar-refractivity contribution is -0.144. The lowest BCUT2D eigenvalue weighted by Gasteiger charge is -2.35. The largest absolute Gasteiger partial charge is 0.494 e. The Labute approximate surface area is 417 Å². The number of ether oxygens (including phenoxy) is 3. The SMILES string of the molecule is Cc1ncsc1-c1ccc(CNC(=O)[C@@H]2CCCN2C(=O)C(NC(=O)COCCCCOCCCCOc2ccc(N3C(=S)C(c4ccc(C#N)c(C(F)(F)F)c4)C(=O)C3(C)C)cc2)C(C)(C)C)cc1. The summed E-state index contributed by atoms with van der Waals surface area (Å²) in [5, 5.41) is 15.1. The number of hydrogen-bond donors (Lipinski definition) is 2. The third kappa shape index (κ3) is 13.2. The number of anilines is 1. The Kier molecular flexibility index (Phi) is 18.0. The minimum absolute atomic E-state index is 0.0862. The van der Waals surface area contributed by atoms with E-state index in [0.717, 1.165) is 53.1 Å². The van der Waals surface area contributed by atoms with Crippen LogP contribution in [0.15, 0.2) is 72.2 Å². The quantitative estimate of drug-likeness (QED) is 0.0605. The molecule has 2 aliphatic heterocycles. The van der Waals surface area contributed by atoms with Crippen LogP contribution in [0, 0.1) is 23.7 Å². The van der Waals surface area contributed by atoms with Gasteiger partial charge in [0.05, 0.1) is 56.3 Å². The molecule has 2 aliphatic rings. The molecule has 3 atom stereocenters. The van der Waals surface area contributed by atoms with E-state index in [1.807, 2.05) is 57.5 Å². The maximum atomic E-state index is 13.9. The monoisotopic (exact) mass is 1000 g/mol. The number of thiazole rings is 1. The van der Waals surface area contributed by atoms with Crippen molar-refractivity contribution in [2.45, 2.75) is 116 Å². The molecular formula is C52H61F3N6O7S2. The van der Waals surface area contributed by atoms with E-state index >= 15 is 0 Å². The number of nitrogens with one attached hydrogen (secondary N) is 2. The summed E-state index contributed by atoms with van der Waals surface area (Å²) in [6.07, 6.45) is -0.628. The number of likely N-dealkylation sites (tertiary alicyclic amines) is 1. The number of thiocarbonyl (C=S) groups is 1. The molecule has 13 nitrogen and oxygen atoms in total. The number of alkyl halides is 3. The molecule has 0 bridgehead atoms. The Morgan fingerprint density at radius 2 is 1.61 bits per heavy atom. The van der Waals surface area contributed by atoms with Gasteiger partial charge in [-0.15, -0.1) is 11.3 Å². The maximum Gasteiger partial charge on any atom is 0.417 e. The van der Waals surface area contributed by atoms with Crippen LogP contribution in [0.1, 0.15) is 107 Å². The number of nitrogens with zero attached hydrogens (tertiary/aromatic N) is 4. The fourth-order valence-electron chi connectivity index (χ4n) is 8.64. The molecule has 6 rings (SSSR count). The molecule has 70 heavy (non-hydrogen) atoms. The van der Waals surface area contributed by atoms with Crippen molar-refractivity contribution in [1.82, 2.24) is 20.5 Å². The van der Waals surface area contributed by atoms with E-state index in [4.69, 9.17) is 26.4 Å². The van der Waals surface area contributed by atoms with Gasteiger partial charge in [-0.1, -0.05) is 63.3 Å². The van der Waals surface area contributed by atoms with Crippen LogP contribution in [0.3, 0.4) is 0 Å². The van der Waals surface area contributed by atoms with Crippen LogP contribution in [0.4, 0.5) is 18.9 Å². The van der Waals surface area contributed by atoms with Crippen LogP contribution in [-0.4, -0.2) is 95.6 Å². The van der Waals surface area contributed by atoms with Crippen molar-refractivity contribution in [3.8, 4) is 22.3 Å². The van der Waals surface area contributed by atoms with Gasteiger partial charge in [0, 0.05) is 38.6 Å². The van der Waals surface area contributed by atoms with E-state index in [0.29, 0.717) is 70.2 Å². The van der Waals surface area contributed by atoms with Gasteiger partial charge in [-0.3, -0.25) is 19.2 Å². The zero-order valence-electron chi connectivity index (χ0n) is 40.4. The molecular weight excluding hydrogens is 942 g/mol. The number of aryl methyl sites for hydroxylation is 1. The van der Waals surface area contributed by atoms with Crippen molar-refractivity contribution >= 4 is 57.7 Å². The molecule has 2 saturated heterocycles. The Morgan fingerprint density at radius 3 is 2.23 bits per heavy atom. The van der Waals surface area contributed by atoms with E-state index in [1.54, 1.807) is 65.3 Å². The summed E-state index contributed by atoms with van der Waals surface area (Å²) in [6.45, 7) is 13.4. The highest BCUT2D eigenvalue weighted by Gasteiger charge is 2.52. The number of hydrogen-bond acceptors (Lipinski definition) is 11. The van der Waals surface area contributed by atoms with Crippen LogP contribution in [0.5, 0.6) is 5.75 Å². The number of Topliss-reactive ketones (excluding diaryl/α,β-unsaturated/α-hetero) is 1. The second kappa shape index (κ2) is 23.4. The Hall–Kier alpha value is -5.74. The molecule has 3 heterocycles. The molecule has 0 radical (unpaired) electrons. The molecule has 374 valence electrons. The van der Waals surface area contributed by atoms with Crippen LogP contribution in [0.2, 0.25) is 0 Å². The number of carbonyl (C=O) groups is 4. The number of ketones is 1. The number of carbonyl (C=O) groups excluding carboxylic acids is 4. The first-order valence-electron chi connectivity index (χ1n) is 23.5. The van der Waals surface area contributed by atoms with Gasteiger partial charge in [-0.2, -0.15) is 18.4 Å². The lowest BCUT2D eigenvalue weighted by atomic mass is 9.85. The number of amides is 3. The highest BCUT2D eigenvalue weighted by Crippen LogP contribution is 2.43. The fourth-order valence-corrected chi connectivity index (χ4v) is 10.0. The van der Waals surface area contributed by atoms with Gasteiger partial charge in [0.1, 0.15) is 24.4 Å². The van der Waals surface area contributed by atoms with Crippen LogP contribution >= 0.6 is 23.6 Å². The zero-order valence-corrected chi connectivity index (χ0v) is 42.1. The standard InChI is InChI=1S/C52H61F3N6O7S2/c1-33-44(70-32-58-33)35-15-13-34(14-16-35)30-57-47(64)41-12-11-23-60(41)48(65)45(50(2,3)4)59-42(62)31-67-26-8-7-24-66-25-9-10-27-68-39-21-19-38(20-22-39)61-49(69)43(46(63)51(61,5)6)36-17-18-37(29-56)40(28-36)52(53,54)55/h13-22,28,32,41,43,45H,7-12,23-27,30-31H2,1-6H3,(H,57,64)(H,59,62)/t41-,43?,45?/m0/s1. The molecule has 2 N–H and O–H groups in total. The van der Waals surface area contributed by atoms with Gasteiger partial charge in [0.25, 0.3) is 0 Å². The van der Waals surface area contributed by atoms with E-state index in [9.17, 15) is 37.6 Å². The average Bonchev–Trinajstić information content (AvgIpc) is 4.03. The second-order valence-corrected chi connectivity index (χ2v) is 20.4. The van der Waals surface area contributed by atoms with Crippen LogP contribution in [0.25, 0.3) is 10.4 Å². The predicted octanol–water partition coefficient (Wildman–Crippen LogP) is 9.10. The van der Waals surface area contributed by atoms with Crippen molar-refractivity contribution in [1.29, 1.82) is 5.26 Å². The third-order valence-corrected chi connectivity index (χ3v) is 13.9. The molecule has 0 saturated carbocycles. The van der Waals surface area contributed by atoms with Crippen LogP contribution in [-0.2, 0) is 41.4 Å². The Bertz CT molecular complexity index is 2540. The summed E-state index contributed by atoms with van der Waals surface area (Å²) >= 11 is 7.28. The van der Waals surface area contributed by atoms with Gasteiger partial charge < -0.3 is 34.6 Å². The molecule has 4 aromatic rings. The number of halogens is 3. The molecule has 18 heteroatoms. The van der Waals surface area contributed by atoms with Crippen molar-refractivity contribution in [3.05, 3.63) is 100 Å². The van der Waals surface area contributed by atoms with Gasteiger partial charge in [0.15, 0.2) is 5.78 Å². The average molecular weight is 1000 g/mol. The summed E-state index contributed by atoms with van der Waals surface area (Å²) in [7, 11) is 0. The summed E-state index contributed by atoms with van der Waals surface area (Å²) in [5.41, 5.74) is 2.12. The Morgan fingerprint density at radius 1 is 0.957 bits per heavy atom. The van der Waals surface area contributed by atoms with Gasteiger partial charge in [-0.25, -0.2) is 4.98 Å². The molecule has 3 aromatic carbocycles. The summed E-state index contributed by atoms with van der Waals surface area (Å²) in [4.78, 5) is 62.7. The first-order valence-corrected chi connectivity index (χ1v) is 24.8. The van der Waals surface area contributed by atoms with Crippen LogP contribution < -0.4 is 20.3 Å². The first kappa shape index (κ1) is 53.6. The minimum Gasteiger partial charge on any atom is -0.494 e. The highest BCUT2D eigenvalue weighted by atomic mass is 32.1. The summed E-state index contributed by atoms with van der Waals surface area (Å²) in [5.74, 6) is -1.74. The summed E-state index contributed by atoms with van der Waals surface area (Å²) < 4.78 is 58.5. The minimum atomic E-state index is -4.77. The number of benzene rings is 3. The van der Waals surface area contributed by atoms with Crippen molar-refractivity contribution in [2.24, 2.45) is 5.41 Å². The molecule has 0 aliphatic carbocycles. The van der Waals surface area contributed by atoms with E-state index in [1.165, 1.54) is 6.07 Å². The smallest absolute Gasteiger partial charge is 0.417 e. The number of nitriles is 1. The first-order chi connectivity index (χ1) is 33.2. The zero-order chi connectivity index (χ0) is 50.8. The number of unbranched alkanes of at least 4 members (excludes halogenated alkanes) is 2. The van der Waals surface area contributed by atoms with Gasteiger partial charge in [0.2, 0.25) is 17.7 Å². The van der Waals surface area contributed by atoms with Crippen molar-refractivity contribution in [3.63, 3.8) is 0 Å². The maximum absolute atomic E-state index is 13.9. The second-order valence-electron chi connectivity index (χ2n) is 19.1. The molecule has 1 aromatic heterocycles. The van der Waals surface area contributed by atoms with E-state index in [2.05, 4.69) is 15.6 Å². The Balaban J connectivity index is 0.841. The number of aromatic nitrogens is 1. The predicted molar refractivity (Wildman–Crippen MR) is 265 cm³/mol. The van der Waals surface area contributed by atoms with Crippen molar-refractivity contribution in [2.75, 3.05) is 44.5 Å². The normalized spacial score (nSPS) is 17.4. The van der Waals surface area contributed by atoms with E-state index in [-0.39, 0.29) is 34.8 Å². The third-order valence-electron chi connectivity index (χ3n) is 12.5. The van der Waals surface area contributed by atoms with E-state index < -0.39 is 52.2 Å². The number of rotatable bonds is 21.